The average molecular weight is 515 g/mol. The fraction of sp³-hybridized carbons (Fsp3) is 0.333. The van der Waals surface area contributed by atoms with E-state index in [-0.39, 0.29) is 45.9 Å². The lowest BCUT2D eigenvalue weighted by Gasteiger charge is -2.25. The summed E-state index contributed by atoms with van der Waals surface area (Å²) in [5, 5.41) is 9.41. The zero-order valence-corrected chi connectivity index (χ0v) is 21.4. The van der Waals surface area contributed by atoms with Crippen LogP contribution < -0.4 is 16.4 Å². The van der Waals surface area contributed by atoms with Gasteiger partial charge in [-0.3, -0.25) is 9.79 Å². The molecule has 1 aromatic carbocycles. The summed E-state index contributed by atoms with van der Waals surface area (Å²) in [5.74, 6) is -0.493. The number of nitrogens with zero attached hydrogens (tertiary/aromatic N) is 5. The van der Waals surface area contributed by atoms with Crippen LogP contribution in [0.25, 0.3) is 11.4 Å². The first-order chi connectivity index (χ1) is 17.0. The van der Waals surface area contributed by atoms with Gasteiger partial charge in [0.1, 0.15) is 12.1 Å². The number of carbonyl (C=O) groups excluding carboxylic acids is 1. The molecule has 1 atom stereocenters. The summed E-state index contributed by atoms with van der Waals surface area (Å²) in [7, 11) is 1.59. The number of amides is 1. The molecule has 0 aliphatic carbocycles. The predicted molar refractivity (Wildman–Crippen MR) is 138 cm³/mol. The number of aromatic nitrogens is 3. The van der Waals surface area contributed by atoms with Gasteiger partial charge in [0, 0.05) is 37.3 Å². The molecule has 3 rings (SSSR count). The Kier molecular flexibility index (Phi) is 8.36. The number of rotatable bonds is 7. The molecule has 0 saturated carbocycles. The number of anilines is 1. The molecule has 1 unspecified atom stereocenters. The maximum Gasteiger partial charge on any atom is 0.269 e. The van der Waals surface area contributed by atoms with Crippen LogP contribution in [-0.2, 0) is 16.2 Å². The minimum atomic E-state index is -0.727. The normalized spacial score (nSPS) is 16.3. The van der Waals surface area contributed by atoms with Crippen molar-refractivity contribution in [3.8, 4) is 11.4 Å². The molecule has 0 fully saturated rings. The summed E-state index contributed by atoms with van der Waals surface area (Å²) in [6.45, 7) is 7.83. The van der Waals surface area contributed by atoms with Crippen LogP contribution in [-0.4, -0.2) is 39.8 Å². The lowest BCUT2D eigenvalue weighted by atomic mass is 9.90. The second kappa shape index (κ2) is 11.3. The number of halogens is 2. The van der Waals surface area contributed by atoms with Crippen LogP contribution in [0, 0.1) is 17.2 Å². The van der Waals surface area contributed by atoms with E-state index in [1.807, 2.05) is 33.8 Å². The smallest absolute Gasteiger partial charge is 0.269 e. The Bertz CT molecular complexity index is 1270. The lowest BCUT2D eigenvalue weighted by molar-refractivity contribution is -0.115. The third-order valence-electron chi connectivity index (χ3n) is 5.17. The summed E-state index contributed by atoms with van der Waals surface area (Å²) < 4.78 is 15.2. The van der Waals surface area contributed by atoms with Crippen LogP contribution in [0.2, 0.25) is 5.02 Å². The van der Waals surface area contributed by atoms with Gasteiger partial charge in [-0.15, -0.1) is 0 Å². The van der Waals surface area contributed by atoms with E-state index in [9.17, 15) is 4.79 Å². The molecule has 1 aromatic heterocycles. The van der Waals surface area contributed by atoms with Crippen molar-refractivity contribution in [2.24, 2.45) is 27.2 Å². The van der Waals surface area contributed by atoms with E-state index in [0.29, 0.717) is 17.0 Å². The summed E-state index contributed by atoms with van der Waals surface area (Å²) in [6, 6.07) is 3.07. The minimum Gasteiger partial charge on any atom is -0.403 e. The molecule has 2 aromatic rings. The maximum absolute atomic E-state index is 15.2. The van der Waals surface area contributed by atoms with Gasteiger partial charge in [-0.25, -0.2) is 14.4 Å². The number of hydrogen-bond acceptors (Lipinski definition) is 9. The van der Waals surface area contributed by atoms with E-state index in [1.165, 1.54) is 24.8 Å². The molecule has 10 nitrogen and oxygen atoms in total. The second-order valence-corrected chi connectivity index (χ2v) is 9.37. The highest BCUT2D eigenvalue weighted by Crippen LogP contribution is 2.31. The SMILES string of the molecule is CN=C/C(=C\N)Nc1ncnc(-c2ccc(CNC(=O)C3=NOC(C(C)(C)C)=CC3C)c(Cl)c2F)n1. The van der Waals surface area contributed by atoms with Crippen LogP contribution >= 0.6 is 11.6 Å². The van der Waals surface area contributed by atoms with E-state index >= 15 is 4.39 Å². The second-order valence-electron chi connectivity index (χ2n) is 8.99. The molecule has 1 amide bonds. The van der Waals surface area contributed by atoms with Crippen molar-refractivity contribution in [1.29, 1.82) is 0 Å². The molecule has 2 heterocycles. The number of allylic oxidation sites excluding steroid dienone is 3. The molecule has 0 radical (unpaired) electrons. The van der Waals surface area contributed by atoms with Gasteiger partial charge in [0.05, 0.1) is 16.3 Å². The van der Waals surface area contributed by atoms with E-state index < -0.39 is 11.7 Å². The molecule has 36 heavy (non-hydrogen) atoms. The van der Waals surface area contributed by atoms with E-state index in [1.54, 1.807) is 13.1 Å². The summed E-state index contributed by atoms with van der Waals surface area (Å²) in [5.41, 5.74) is 6.43. The number of aliphatic imine (C=N–C) groups is 1. The number of nitrogens with two attached hydrogens (primary N) is 1. The molecule has 12 heteroatoms. The van der Waals surface area contributed by atoms with Gasteiger partial charge in [-0.05, 0) is 17.7 Å². The molecule has 4 N–H and O–H groups in total. The third kappa shape index (κ3) is 6.22. The van der Waals surface area contributed by atoms with E-state index in [2.05, 4.69) is 35.7 Å². The summed E-state index contributed by atoms with van der Waals surface area (Å²) in [4.78, 5) is 34.2. The standard InChI is InChI=1S/C24H28ClFN8O2/c1-13-8-17(24(2,3)4)36-34-20(13)22(35)29-10-14-6-7-16(19(26)18(14)25)21-30-12-31-23(33-21)32-15(9-27)11-28-5/h6-9,11-13H,10,27H2,1-5H3,(H,29,35)(H,30,31,32,33)/b15-9+,28-11?. The molecular formula is C24H28ClFN8O2. The average Bonchev–Trinajstić information content (AvgIpc) is 2.84. The first-order valence-electron chi connectivity index (χ1n) is 11.1. The number of benzene rings is 1. The Balaban J connectivity index is 1.73. The molecule has 1 aliphatic heterocycles. The molecule has 0 spiro atoms. The molecule has 190 valence electrons. The van der Waals surface area contributed by atoms with Crippen molar-refractivity contribution in [2.75, 3.05) is 12.4 Å². The Labute approximate surface area is 213 Å². The molecular weight excluding hydrogens is 487 g/mol. The van der Waals surface area contributed by atoms with Crippen molar-refractivity contribution in [3.63, 3.8) is 0 Å². The number of nitrogens with one attached hydrogen (secondary N) is 2. The fourth-order valence-electron chi connectivity index (χ4n) is 3.19. The van der Waals surface area contributed by atoms with Gasteiger partial charge >= 0.3 is 0 Å². The van der Waals surface area contributed by atoms with Crippen LogP contribution in [0.4, 0.5) is 10.3 Å². The van der Waals surface area contributed by atoms with Gasteiger partial charge in [-0.2, -0.15) is 4.98 Å². The minimum absolute atomic E-state index is 0.0124. The highest BCUT2D eigenvalue weighted by Gasteiger charge is 2.29. The Hall–Kier alpha value is -3.86. The van der Waals surface area contributed by atoms with Crippen LogP contribution in [0.15, 0.2) is 52.3 Å². The summed E-state index contributed by atoms with van der Waals surface area (Å²) in [6.07, 6.45) is 5.87. The number of carbonyl (C=O) groups is 1. The van der Waals surface area contributed by atoms with E-state index in [4.69, 9.17) is 22.2 Å². The van der Waals surface area contributed by atoms with E-state index in [0.717, 1.165) is 0 Å². The van der Waals surface area contributed by atoms with Gasteiger partial charge in [-0.1, -0.05) is 50.5 Å². The van der Waals surface area contributed by atoms with Crippen molar-refractivity contribution < 1.29 is 14.0 Å². The Morgan fingerprint density at radius 3 is 2.72 bits per heavy atom. The summed E-state index contributed by atoms with van der Waals surface area (Å²) >= 11 is 6.28. The van der Waals surface area contributed by atoms with Crippen LogP contribution in [0.5, 0.6) is 0 Å². The zero-order valence-electron chi connectivity index (χ0n) is 20.6. The van der Waals surface area contributed by atoms with Crippen LogP contribution in [0.3, 0.4) is 0 Å². The largest absolute Gasteiger partial charge is 0.403 e. The number of oxime groups is 1. The van der Waals surface area contributed by atoms with Crippen molar-refractivity contribution in [3.05, 3.63) is 58.6 Å². The van der Waals surface area contributed by atoms with Gasteiger partial charge < -0.3 is 21.2 Å². The quantitative estimate of drug-likeness (QED) is 0.477. The van der Waals surface area contributed by atoms with Crippen molar-refractivity contribution in [1.82, 2.24) is 20.3 Å². The van der Waals surface area contributed by atoms with Crippen LogP contribution in [0.1, 0.15) is 33.3 Å². The predicted octanol–water partition coefficient (Wildman–Crippen LogP) is 3.81. The van der Waals surface area contributed by atoms with Crippen molar-refractivity contribution >= 4 is 35.4 Å². The van der Waals surface area contributed by atoms with Gasteiger partial charge in [0.2, 0.25) is 5.95 Å². The van der Waals surface area contributed by atoms with Gasteiger partial charge in [0.25, 0.3) is 5.91 Å². The Morgan fingerprint density at radius 1 is 1.33 bits per heavy atom. The Morgan fingerprint density at radius 2 is 2.08 bits per heavy atom. The molecule has 0 saturated heterocycles. The molecule has 0 bridgehead atoms. The highest BCUT2D eigenvalue weighted by atomic mass is 35.5. The fourth-order valence-corrected chi connectivity index (χ4v) is 3.42. The monoisotopic (exact) mass is 514 g/mol. The topological polar surface area (TPSA) is 140 Å². The zero-order chi connectivity index (χ0) is 26.5. The lowest BCUT2D eigenvalue weighted by Crippen LogP contribution is -2.36. The van der Waals surface area contributed by atoms with Crippen molar-refractivity contribution in [2.45, 2.75) is 34.2 Å². The first-order valence-corrected chi connectivity index (χ1v) is 11.5. The highest BCUT2D eigenvalue weighted by molar-refractivity contribution is 6.40. The molecule has 1 aliphatic rings. The number of hydrogen-bond donors (Lipinski definition) is 3. The first kappa shape index (κ1) is 26.7. The third-order valence-corrected chi connectivity index (χ3v) is 5.57. The maximum atomic E-state index is 15.2. The van der Waals surface area contributed by atoms with Gasteiger partial charge in [0.15, 0.2) is 17.4 Å².